The van der Waals surface area contributed by atoms with E-state index in [-0.39, 0.29) is 24.6 Å². The fourth-order valence-electron chi connectivity index (χ4n) is 5.11. The normalized spacial score (nSPS) is 19.7. The van der Waals surface area contributed by atoms with Gasteiger partial charge in [0, 0.05) is 43.5 Å². The van der Waals surface area contributed by atoms with E-state index in [1.807, 2.05) is 53.4 Å². The number of amides is 2. The van der Waals surface area contributed by atoms with Crippen molar-refractivity contribution in [2.75, 3.05) is 38.3 Å². The summed E-state index contributed by atoms with van der Waals surface area (Å²) in [6.45, 7) is 2.88. The molecule has 0 bridgehead atoms. The van der Waals surface area contributed by atoms with E-state index in [9.17, 15) is 9.59 Å². The number of nitrogens with one attached hydrogen (secondary N) is 1. The molecule has 1 saturated heterocycles. The first kappa shape index (κ1) is 20.8. The lowest BCUT2D eigenvalue weighted by atomic mass is 9.94. The Hall–Kier alpha value is -3.06. The summed E-state index contributed by atoms with van der Waals surface area (Å²) in [5, 5.41) is 3.11. The molecule has 0 unspecified atom stereocenters. The number of hydrogen-bond acceptors (Lipinski definition) is 5. The Labute approximate surface area is 188 Å². The van der Waals surface area contributed by atoms with E-state index in [1.54, 1.807) is 0 Å². The fraction of sp³-hybridized carbons (Fsp3) is 0.440. The first-order valence-electron chi connectivity index (χ1n) is 11.5. The molecule has 0 spiro atoms. The van der Waals surface area contributed by atoms with Crippen molar-refractivity contribution in [2.24, 2.45) is 5.92 Å². The van der Waals surface area contributed by atoms with Gasteiger partial charge in [0.05, 0.1) is 6.04 Å². The van der Waals surface area contributed by atoms with Gasteiger partial charge in [0.1, 0.15) is 0 Å². The van der Waals surface area contributed by atoms with E-state index in [0.29, 0.717) is 49.2 Å². The molecule has 0 aromatic heterocycles. The van der Waals surface area contributed by atoms with E-state index in [1.165, 1.54) is 12.8 Å². The maximum absolute atomic E-state index is 13.4. The average molecular weight is 436 g/mol. The molecule has 1 aliphatic carbocycles. The Morgan fingerprint density at radius 2 is 1.62 bits per heavy atom. The number of hydrogen-bond donors (Lipinski definition) is 1. The van der Waals surface area contributed by atoms with Crippen LogP contribution in [-0.4, -0.2) is 60.6 Å². The van der Waals surface area contributed by atoms with Gasteiger partial charge in [-0.05, 0) is 43.0 Å². The van der Waals surface area contributed by atoms with Crippen molar-refractivity contribution in [1.29, 1.82) is 0 Å². The van der Waals surface area contributed by atoms with Crippen LogP contribution in [0.25, 0.3) is 0 Å². The summed E-state index contributed by atoms with van der Waals surface area (Å²) in [4.78, 5) is 30.4. The van der Waals surface area contributed by atoms with Crippen molar-refractivity contribution in [3.8, 4) is 11.5 Å². The summed E-state index contributed by atoms with van der Waals surface area (Å²) in [6, 6.07) is 14.7. The summed E-state index contributed by atoms with van der Waals surface area (Å²) < 4.78 is 10.8. The molecule has 2 heterocycles. The molecule has 2 aromatic carbocycles. The van der Waals surface area contributed by atoms with Crippen LogP contribution in [0, 0.1) is 5.92 Å². The van der Waals surface area contributed by atoms with Gasteiger partial charge in [0.2, 0.25) is 12.7 Å². The van der Waals surface area contributed by atoms with Crippen molar-refractivity contribution in [2.45, 2.75) is 31.7 Å². The number of ether oxygens (including phenoxy) is 2. The summed E-state index contributed by atoms with van der Waals surface area (Å²) in [6.07, 6.45) is 4.49. The quantitative estimate of drug-likeness (QED) is 0.780. The Morgan fingerprint density at radius 3 is 2.38 bits per heavy atom. The van der Waals surface area contributed by atoms with Crippen molar-refractivity contribution >= 4 is 17.5 Å². The van der Waals surface area contributed by atoms with Gasteiger partial charge >= 0.3 is 0 Å². The van der Waals surface area contributed by atoms with Crippen LogP contribution in [0.15, 0.2) is 48.5 Å². The van der Waals surface area contributed by atoms with Crippen LogP contribution in [0.2, 0.25) is 0 Å². The molecular weight excluding hydrogens is 406 g/mol. The van der Waals surface area contributed by atoms with Gasteiger partial charge in [-0.2, -0.15) is 0 Å². The molecule has 5 rings (SSSR count). The molecule has 1 saturated carbocycles. The topological polar surface area (TPSA) is 71.1 Å². The molecule has 7 heteroatoms. The number of benzene rings is 2. The van der Waals surface area contributed by atoms with Gasteiger partial charge in [-0.15, -0.1) is 0 Å². The maximum Gasteiger partial charge on any atom is 0.253 e. The maximum atomic E-state index is 13.4. The molecule has 32 heavy (non-hydrogen) atoms. The molecule has 7 nitrogen and oxygen atoms in total. The molecule has 1 N–H and O–H groups in total. The molecule has 1 atom stereocenters. The third kappa shape index (κ3) is 4.30. The molecule has 2 fully saturated rings. The van der Waals surface area contributed by atoms with Gasteiger partial charge in [0.25, 0.3) is 5.91 Å². The zero-order valence-corrected chi connectivity index (χ0v) is 18.2. The van der Waals surface area contributed by atoms with Crippen LogP contribution in [-0.2, 0) is 4.79 Å². The Bertz CT molecular complexity index is 966. The Morgan fingerprint density at radius 1 is 0.906 bits per heavy atom. The highest BCUT2D eigenvalue weighted by Crippen LogP contribution is 2.35. The highest BCUT2D eigenvalue weighted by molar-refractivity contribution is 5.96. The van der Waals surface area contributed by atoms with E-state index in [2.05, 4.69) is 10.2 Å². The van der Waals surface area contributed by atoms with Gasteiger partial charge in [-0.3, -0.25) is 14.5 Å². The van der Waals surface area contributed by atoms with Crippen LogP contribution in [0.3, 0.4) is 0 Å². The van der Waals surface area contributed by atoms with Crippen LogP contribution >= 0.6 is 0 Å². The second-order valence-corrected chi connectivity index (χ2v) is 8.74. The van der Waals surface area contributed by atoms with Gasteiger partial charge in [-0.25, -0.2) is 0 Å². The van der Waals surface area contributed by atoms with E-state index >= 15 is 0 Å². The predicted molar refractivity (Wildman–Crippen MR) is 121 cm³/mol. The van der Waals surface area contributed by atoms with Crippen LogP contribution < -0.4 is 14.8 Å². The number of rotatable bonds is 5. The minimum absolute atomic E-state index is 0.0265. The van der Waals surface area contributed by atoms with Crippen LogP contribution in [0.4, 0.5) is 5.69 Å². The van der Waals surface area contributed by atoms with E-state index in [0.717, 1.165) is 18.5 Å². The Balaban J connectivity index is 1.26. The predicted octanol–water partition coefficient (Wildman–Crippen LogP) is 3.37. The molecular formula is C25H29N3O4. The van der Waals surface area contributed by atoms with Crippen molar-refractivity contribution in [1.82, 2.24) is 9.80 Å². The SMILES string of the molecule is O=C(Nc1ccc2c(c1)OCO2)[C@@H](C1CCCC1)N1CCN(C(=O)c2ccccc2)CC1. The minimum atomic E-state index is -0.183. The molecule has 2 aliphatic heterocycles. The van der Waals surface area contributed by atoms with Crippen LogP contribution in [0.5, 0.6) is 11.5 Å². The third-order valence-electron chi connectivity index (χ3n) is 6.77. The minimum Gasteiger partial charge on any atom is -0.454 e. The summed E-state index contributed by atoms with van der Waals surface area (Å²) >= 11 is 0. The number of fused-ring (bicyclic) bond motifs is 1. The molecule has 168 valence electrons. The molecule has 2 amide bonds. The number of carbonyl (C=O) groups excluding carboxylic acids is 2. The second-order valence-electron chi connectivity index (χ2n) is 8.74. The zero-order valence-electron chi connectivity index (χ0n) is 18.2. The number of nitrogens with zero attached hydrogens (tertiary/aromatic N) is 2. The average Bonchev–Trinajstić information content (AvgIpc) is 3.52. The summed E-state index contributed by atoms with van der Waals surface area (Å²) in [5.41, 5.74) is 1.44. The molecule has 2 aromatic rings. The first-order chi connectivity index (χ1) is 15.7. The monoisotopic (exact) mass is 435 g/mol. The highest BCUT2D eigenvalue weighted by atomic mass is 16.7. The van der Waals surface area contributed by atoms with E-state index in [4.69, 9.17) is 9.47 Å². The first-order valence-corrected chi connectivity index (χ1v) is 11.5. The zero-order chi connectivity index (χ0) is 21.9. The van der Waals surface area contributed by atoms with E-state index < -0.39 is 0 Å². The standard InChI is InChI=1S/C25H29N3O4/c29-24(26-20-10-11-21-22(16-20)32-17-31-21)23(18-6-4-5-7-18)27-12-14-28(15-13-27)25(30)19-8-2-1-3-9-19/h1-3,8-11,16,18,23H,4-7,12-15,17H2,(H,26,29)/t23-/m1/s1. The number of carbonyl (C=O) groups is 2. The van der Waals surface area contributed by atoms with Gasteiger partial charge in [-0.1, -0.05) is 31.0 Å². The van der Waals surface area contributed by atoms with Crippen molar-refractivity contribution in [3.63, 3.8) is 0 Å². The fourth-order valence-corrected chi connectivity index (χ4v) is 5.11. The third-order valence-corrected chi connectivity index (χ3v) is 6.77. The lowest BCUT2D eigenvalue weighted by molar-refractivity contribution is -0.123. The lowest BCUT2D eigenvalue weighted by Crippen LogP contribution is -2.56. The summed E-state index contributed by atoms with van der Waals surface area (Å²) in [7, 11) is 0. The molecule has 3 aliphatic rings. The largest absolute Gasteiger partial charge is 0.454 e. The summed E-state index contributed by atoms with van der Waals surface area (Å²) in [5.74, 6) is 1.80. The lowest BCUT2D eigenvalue weighted by Gasteiger charge is -2.40. The number of anilines is 1. The van der Waals surface area contributed by atoms with Crippen molar-refractivity contribution in [3.05, 3.63) is 54.1 Å². The van der Waals surface area contributed by atoms with Crippen LogP contribution in [0.1, 0.15) is 36.0 Å². The Kier molecular flexibility index (Phi) is 5.99. The van der Waals surface area contributed by atoms with Gasteiger partial charge < -0.3 is 19.7 Å². The second kappa shape index (κ2) is 9.20. The number of piperazine rings is 1. The highest BCUT2D eigenvalue weighted by Gasteiger charge is 2.37. The molecule has 0 radical (unpaired) electrons. The van der Waals surface area contributed by atoms with Crippen molar-refractivity contribution < 1.29 is 19.1 Å². The van der Waals surface area contributed by atoms with Gasteiger partial charge in [0.15, 0.2) is 11.5 Å². The smallest absolute Gasteiger partial charge is 0.253 e.